The second-order valence-corrected chi connectivity index (χ2v) is 8.68. The van der Waals surface area contributed by atoms with Crippen LogP contribution in [0.2, 0.25) is 5.02 Å². The first-order chi connectivity index (χ1) is 13.3. The maximum absolute atomic E-state index is 12.2. The fourth-order valence-corrected chi connectivity index (χ4v) is 3.61. The quantitative estimate of drug-likeness (QED) is 0.609. The summed E-state index contributed by atoms with van der Waals surface area (Å²) in [5.74, 6) is -0.534. The monoisotopic (exact) mass is 421 g/mol. The summed E-state index contributed by atoms with van der Waals surface area (Å²) in [5, 5.41) is 5.99. The van der Waals surface area contributed by atoms with E-state index in [4.69, 9.17) is 11.6 Å². The van der Waals surface area contributed by atoms with Crippen molar-refractivity contribution in [2.24, 2.45) is 0 Å². The van der Waals surface area contributed by atoms with Crippen LogP contribution in [0.4, 0.5) is 5.69 Å². The molecule has 0 saturated heterocycles. The SMILES string of the molecule is O=C(CCNS(=O)(=O)c1ccc(Cl)cc1)Nc1cccc(C(=O)NC2CC2)c1. The van der Waals surface area contributed by atoms with E-state index in [9.17, 15) is 18.0 Å². The standard InChI is InChI=1S/C19H20ClN3O4S/c20-14-4-8-17(9-5-14)28(26,27)21-11-10-18(24)22-16-3-1-2-13(12-16)19(25)23-15-6-7-15/h1-5,8-9,12,15,21H,6-7,10-11H2,(H,22,24)(H,23,25). The van der Waals surface area contributed by atoms with Gasteiger partial charge in [-0.05, 0) is 55.3 Å². The summed E-state index contributed by atoms with van der Waals surface area (Å²) >= 11 is 5.75. The summed E-state index contributed by atoms with van der Waals surface area (Å²) in [6.07, 6.45) is 1.94. The van der Waals surface area contributed by atoms with E-state index in [-0.39, 0.29) is 35.7 Å². The Bertz CT molecular complexity index is 973. The van der Waals surface area contributed by atoms with E-state index < -0.39 is 10.0 Å². The van der Waals surface area contributed by atoms with Crippen LogP contribution < -0.4 is 15.4 Å². The molecule has 1 aliphatic rings. The molecule has 2 aromatic carbocycles. The van der Waals surface area contributed by atoms with Gasteiger partial charge in [0.1, 0.15) is 0 Å². The van der Waals surface area contributed by atoms with Gasteiger partial charge in [-0.15, -0.1) is 0 Å². The Kier molecular flexibility index (Phi) is 6.33. The van der Waals surface area contributed by atoms with Crippen LogP contribution in [-0.4, -0.2) is 32.8 Å². The third-order valence-electron chi connectivity index (χ3n) is 4.09. The van der Waals surface area contributed by atoms with Crippen LogP contribution >= 0.6 is 11.6 Å². The molecule has 3 N–H and O–H groups in total. The highest BCUT2D eigenvalue weighted by molar-refractivity contribution is 7.89. The van der Waals surface area contributed by atoms with Crippen molar-refractivity contribution in [3.63, 3.8) is 0 Å². The fourth-order valence-electron chi connectivity index (χ4n) is 2.45. The molecule has 1 aliphatic carbocycles. The molecular weight excluding hydrogens is 402 g/mol. The van der Waals surface area contributed by atoms with Crippen molar-refractivity contribution in [2.45, 2.75) is 30.2 Å². The molecule has 148 valence electrons. The average molecular weight is 422 g/mol. The molecule has 7 nitrogen and oxygen atoms in total. The molecule has 28 heavy (non-hydrogen) atoms. The van der Waals surface area contributed by atoms with E-state index in [1.165, 1.54) is 24.3 Å². The highest BCUT2D eigenvalue weighted by atomic mass is 35.5. The van der Waals surface area contributed by atoms with Gasteiger partial charge in [-0.1, -0.05) is 17.7 Å². The summed E-state index contributed by atoms with van der Waals surface area (Å²) in [6.45, 7) is -0.0569. The van der Waals surface area contributed by atoms with Crippen LogP contribution in [0.15, 0.2) is 53.4 Å². The Balaban J connectivity index is 1.50. The minimum atomic E-state index is -3.71. The topological polar surface area (TPSA) is 104 Å². The van der Waals surface area contributed by atoms with E-state index in [0.29, 0.717) is 16.3 Å². The third-order valence-corrected chi connectivity index (χ3v) is 5.82. The number of amides is 2. The van der Waals surface area contributed by atoms with Crippen molar-refractivity contribution >= 4 is 39.1 Å². The van der Waals surface area contributed by atoms with Gasteiger partial charge in [0.2, 0.25) is 15.9 Å². The first-order valence-corrected chi connectivity index (χ1v) is 10.7. The van der Waals surface area contributed by atoms with Crippen molar-refractivity contribution in [3.05, 3.63) is 59.1 Å². The van der Waals surface area contributed by atoms with Crippen LogP contribution in [0, 0.1) is 0 Å². The number of carbonyl (C=O) groups is 2. The average Bonchev–Trinajstić information content (AvgIpc) is 3.46. The number of sulfonamides is 1. The summed E-state index contributed by atoms with van der Waals surface area (Å²) in [7, 11) is -3.71. The summed E-state index contributed by atoms with van der Waals surface area (Å²) in [4.78, 5) is 24.2. The highest BCUT2D eigenvalue weighted by Crippen LogP contribution is 2.20. The van der Waals surface area contributed by atoms with E-state index >= 15 is 0 Å². The predicted molar refractivity (Wildman–Crippen MR) is 107 cm³/mol. The minimum absolute atomic E-state index is 0.0503. The zero-order valence-corrected chi connectivity index (χ0v) is 16.5. The Morgan fingerprint density at radius 2 is 1.79 bits per heavy atom. The van der Waals surface area contributed by atoms with E-state index in [0.717, 1.165) is 12.8 Å². The zero-order valence-electron chi connectivity index (χ0n) is 14.9. The molecule has 0 unspecified atom stereocenters. The molecular formula is C19H20ClN3O4S. The van der Waals surface area contributed by atoms with E-state index in [1.807, 2.05) is 0 Å². The molecule has 9 heteroatoms. The van der Waals surface area contributed by atoms with Gasteiger partial charge in [0, 0.05) is 35.3 Å². The number of anilines is 1. The van der Waals surface area contributed by atoms with Gasteiger partial charge in [0.15, 0.2) is 0 Å². The molecule has 0 bridgehead atoms. The minimum Gasteiger partial charge on any atom is -0.349 e. The lowest BCUT2D eigenvalue weighted by Gasteiger charge is -2.09. The molecule has 3 rings (SSSR count). The number of rotatable bonds is 8. The zero-order chi connectivity index (χ0) is 20.1. The van der Waals surface area contributed by atoms with E-state index in [2.05, 4.69) is 15.4 Å². The molecule has 0 aliphatic heterocycles. The second-order valence-electron chi connectivity index (χ2n) is 6.48. The molecule has 0 heterocycles. The third kappa shape index (κ3) is 5.79. The van der Waals surface area contributed by atoms with Gasteiger partial charge >= 0.3 is 0 Å². The second kappa shape index (κ2) is 8.72. The van der Waals surface area contributed by atoms with Gasteiger partial charge < -0.3 is 10.6 Å². The van der Waals surface area contributed by atoms with Crippen molar-refractivity contribution < 1.29 is 18.0 Å². The van der Waals surface area contributed by atoms with E-state index in [1.54, 1.807) is 24.3 Å². The molecule has 2 amide bonds. The van der Waals surface area contributed by atoms with Crippen molar-refractivity contribution in [1.82, 2.24) is 10.0 Å². The molecule has 0 atom stereocenters. The molecule has 0 spiro atoms. The number of hydrogen-bond acceptors (Lipinski definition) is 4. The lowest BCUT2D eigenvalue weighted by Crippen LogP contribution is -2.28. The molecule has 0 radical (unpaired) electrons. The number of hydrogen-bond donors (Lipinski definition) is 3. The Labute approximate surface area is 168 Å². The van der Waals surface area contributed by atoms with Crippen molar-refractivity contribution in [1.29, 1.82) is 0 Å². The van der Waals surface area contributed by atoms with Gasteiger partial charge in [-0.3, -0.25) is 9.59 Å². The summed E-state index contributed by atoms with van der Waals surface area (Å²) in [6, 6.07) is 12.6. The largest absolute Gasteiger partial charge is 0.349 e. The van der Waals surface area contributed by atoms with Gasteiger partial charge in [-0.2, -0.15) is 0 Å². The fraction of sp³-hybridized carbons (Fsp3) is 0.263. The highest BCUT2D eigenvalue weighted by Gasteiger charge is 2.23. The number of nitrogens with one attached hydrogen (secondary N) is 3. The van der Waals surface area contributed by atoms with Gasteiger partial charge in [0.05, 0.1) is 4.90 Å². The maximum atomic E-state index is 12.2. The Morgan fingerprint density at radius 1 is 1.07 bits per heavy atom. The summed E-state index contributed by atoms with van der Waals surface area (Å²) in [5.41, 5.74) is 0.946. The van der Waals surface area contributed by atoms with Crippen LogP contribution in [-0.2, 0) is 14.8 Å². The lowest BCUT2D eigenvalue weighted by atomic mass is 10.2. The first kappa shape index (κ1) is 20.3. The Hall–Kier alpha value is -2.42. The normalized spacial score (nSPS) is 13.8. The maximum Gasteiger partial charge on any atom is 0.251 e. The van der Waals surface area contributed by atoms with Gasteiger partial charge in [-0.25, -0.2) is 13.1 Å². The van der Waals surface area contributed by atoms with Crippen LogP contribution in [0.1, 0.15) is 29.6 Å². The molecule has 2 aromatic rings. The number of benzene rings is 2. The first-order valence-electron chi connectivity index (χ1n) is 8.79. The van der Waals surface area contributed by atoms with Crippen molar-refractivity contribution in [2.75, 3.05) is 11.9 Å². The van der Waals surface area contributed by atoms with Crippen LogP contribution in [0.25, 0.3) is 0 Å². The Morgan fingerprint density at radius 3 is 2.46 bits per heavy atom. The molecule has 0 aromatic heterocycles. The van der Waals surface area contributed by atoms with Crippen molar-refractivity contribution in [3.8, 4) is 0 Å². The smallest absolute Gasteiger partial charge is 0.251 e. The number of halogens is 1. The molecule has 1 fully saturated rings. The van der Waals surface area contributed by atoms with Crippen LogP contribution in [0.3, 0.4) is 0 Å². The number of carbonyl (C=O) groups excluding carboxylic acids is 2. The van der Waals surface area contributed by atoms with Crippen LogP contribution in [0.5, 0.6) is 0 Å². The predicted octanol–water partition coefficient (Wildman–Crippen LogP) is 2.54. The molecule has 1 saturated carbocycles. The van der Waals surface area contributed by atoms with Gasteiger partial charge in [0.25, 0.3) is 5.91 Å². The summed E-state index contributed by atoms with van der Waals surface area (Å²) < 4.78 is 26.7. The lowest BCUT2D eigenvalue weighted by molar-refractivity contribution is -0.116.